The van der Waals surface area contributed by atoms with E-state index in [1.54, 1.807) is 24.3 Å². The molecular weight excluding hydrogens is 269 g/mol. The van der Waals surface area contributed by atoms with Crippen molar-refractivity contribution in [3.8, 4) is 0 Å². The Kier molecular flexibility index (Phi) is 4.32. The lowest BCUT2D eigenvalue weighted by molar-refractivity contribution is -0.184. The van der Waals surface area contributed by atoms with Gasteiger partial charge in [-0.1, -0.05) is 12.1 Å². The number of nitrogens with two attached hydrogens (primary N) is 1. The Bertz CT molecular complexity index is 470. The SMILES string of the molecule is NCc1ccc(C(=O)N2CCC[C@H](C(F)(F)F)C2)cc1. The maximum Gasteiger partial charge on any atom is 0.393 e. The van der Waals surface area contributed by atoms with Crippen LogP contribution in [-0.2, 0) is 6.54 Å². The molecule has 1 aromatic carbocycles. The summed E-state index contributed by atoms with van der Waals surface area (Å²) in [6.45, 7) is 0.499. The van der Waals surface area contributed by atoms with Crippen molar-refractivity contribution in [1.29, 1.82) is 0 Å². The maximum atomic E-state index is 12.7. The smallest absolute Gasteiger partial charge is 0.338 e. The molecule has 0 unspecified atom stereocenters. The summed E-state index contributed by atoms with van der Waals surface area (Å²) in [5.41, 5.74) is 6.75. The summed E-state index contributed by atoms with van der Waals surface area (Å²) in [7, 11) is 0. The molecule has 1 aromatic rings. The minimum Gasteiger partial charge on any atom is -0.338 e. The molecule has 1 fully saturated rings. The van der Waals surface area contributed by atoms with E-state index in [1.165, 1.54) is 4.90 Å². The monoisotopic (exact) mass is 286 g/mol. The number of carbonyl (C=O) groups is 1. The molecule has 1 aliphatic heterocycles. The Balaban J connectivity index is 2.08. The van der Waals surface area contributed by atoms with E-state index in [0.717, 1.165) is 5.56 Å². The molecule has 0 aromatic heterocycles. The molecule has 0 bridgehead atoms. The Morgan fingerprint density at radius 3 is 2.50 bits per heavy atom. The zero-order valence-electron chi connectivity index (χ0n) is 11.0. The molecular formula is C14H17F3N2O. The highest BCUT2D eigenvalue weighted by atomic mass is 19.4. The van der Waals surface area contributed by atoms with E-state index in [2.05, 4.69) is 0 Å². The van der Waals surface area contributed by atoms with Crippen LogP contribution in [0.2, 0.25) is 0 Å². The highest BCUT2D eigenvalue weighted by molar-refractivity contribution is 5.94. The Morgan fingerprint density at radius 1 is 1.30 bits per heavy atom. The van der Waals surface area contributed by atoms with Crippen LogP contribution in [0, 0.1) is 5.92 Å². The van der Waals surface area contributed by atoms with E-state index >= 15 is 0 Å². The highest BCUT2D eigenvalue weighted by Gasteiger charge is 2.42. The van der Waals surface area contributed by atoms with E-state index in [-0.39, 0.29) is 18.9 Å². The summed E-state index contributed by atoms with van der Waals surface area (Å²) < 4.78 is 38.2. The van der Waals surface area contributed by atoms with Crippen molar-refractivity contribution in [2.45, 2.75) is 25.6 Å². The van der Waals surface area contributed by atoms with Crippen LogP contribution in [0.3, 0.4) is 0 Å². The van der Waals surface area contributed by atoms with Crippen molar-refractivity contribution in [2.24, 2.45) is 11.7 Å². The van der Waals surface area contributed by atoms with Gasteiger partial charge in [0.1, 0.15) is 0 Å². The summed E-state index contributed by atoms with van der Waals surface area (Å²) in [6.07, 6.45) is -3.75. The average molecular weight is 286 g/mol. The average Bonchev–Trinajstić information content (AvgIpc) is 2.46. The van der Waals surface area contributed by atoms with Gasteiger partial charge < -0.3 is 10.6 Å². The number of hydrogen-bond acceptors (Lipinski definition) is 2. The van der Waals surface area contributed by atoms with Crippen molar-refractivity contribution >= 4 is 5.91 Å². The van der Waals surface area contributed by atoms with E-state index in [1.807, 2.05) is 0 Å². The normalized spacial score (nSPS) is 20.0. The van der Waals surface area contributed by atoms with Gasteiger partial charge in [-0.25, -0.2) is 0 Å². The van der Waals surface area contributed by atoms with Crippen LogP contribution in [0.1, 0.15) is 28.8 Å². The molecule has 1 heterocycles. The fourth-order valence-electron chi connectivity index (χ4n) is 2.39. The quantitative estimate of drug-likeness (QED) is 0.908. The molecule has 20 heavy (non-hydrogen) atoms. The number of halogens is 3. The molecule has 3 nitrogen and oxygen atoms in total. The van der Waals surface area contributed by atoms with Crippen molar-refractivity contribution in [3.63, 3.8) is 0 Å². The van der Waals surface area contributed by atoms with Gasteiger partial charge in [-0.3, -0.25) is 4.79 Å². The lowest BCUT2D eigenvalue weighted by Gasteiger charge is -2.33. The number of benzene rings is 1. The van der Waals surface area contributed by atoms with E-state index in [4.69, 9.17) is 5.73 Å². The summed E-state index contributed by atoms with van der Waals surface area (Å²) >= 11 is 0. The van der Waals surface area contributed by atoms with Gasteiger partial charge in [-0.2, -0.15) is 13.2 Å². The zero-order valence-corrected chi connectivity index (χ0v) is 11.0. The molecule has 1 atom stereocenters. The summed E-state index contributed by atoms with van der Waals surface area (Å²) in [4.78, 5) is 13.5. The van der Waals surface area contributed by atoms with Gasteiger partial charge >= 0.3 is 6.18 Å². The van der Waals surface area contributed by atoms with Gasteiger partial charge in [0.25, 0.3) is 5.91 Å². The second-order valence-corrected chi connectivity index (χ2v) is 5.03. The van der Waals surface area contributed by atoms with E-state index in [9.17, 15) is 18.0 Å². The number of amides is 1. The molecule has 0 saturated carbocycles. The Labute approximate surface area is 115 Å². The fraction of sp³-hybridized carbons (Fsp3) is 0.500. The predicted molar refractivity (Wildman–Crippen MR) is 69.0 cm³/mol. The van der Waals surface area contributed by atoms with Crippen molar-refractivity contribution < 1.29 is 18.0 Å². The third kappa shape index (κ3) is 3.30. The first-order valence-electron chi connectivity index (χ1n) is 6.57. The molecule has 2 N–H and O–H groups in total. The van der Waals surface area contributed by atoms with E-state index < -0.39 is 12.1 Å². The minimum absolute atomic E-state index is 0.0966. The van der Waals surface area contributed by atoms with Crippen LogP contribution in [0.4, 0.5) is 13.2 Å². The van der Waals surface area contributed by atoms with Crippen LogP contribution in [0.15, 0.2) is 24.3 Å². The first-order chi connectivity index (χ1) is 9.41. The second-order valence-electron chi connectivity index (χ2n) is 5.03. The van der Waals surface area contributed by atoms with Crippen molar-refractivity contribution in [1.82, 2.24) is 4.90 Å². The van der Waals surface area contributed by atoms with Gasteiger partial charge in [0, 0.05) is 25.2 Å². The number of hydrogen-bond donors (Lipinski definition) is 1. The third-order valence-electron chi connectivity index (χ3n) is 3.61. The molecule has 0 spiro atoms. The summed E-state index contributed by atoms with van der Waals surface area (Å²) in [5.74, 6) is -1.76. The van der Waals surface area contributed by atoms with Crippen LogP contribution in [0.25, 0.3) is 0 Å². The largest absolute Gasteiger partial charge is 0.393 e. The third-order valence-corrected chi connectivity index (χ3v) is 3.61. The summed E-state index contributed by atoms with van der Waals surface area (Å²) in [5, 5.41) is 0. The molecule has 110 valence electrons. The fourth-order valence-corrected chi connectivity index (χ4v) is 2.39. The van der Waals surface area contributed by atoms with Gasteiger partial charge in [0.15, 0.2) is 0 Å². The molecule has 0 radical (unpaired) electrons. The highest BCUT2D eigenvalue weighted by Crippen LogP contribution is 2.33. The first-order valence-corrected chi connectivity index (χ1v) is 6.57. The number of carbonyl (C=O) groups excluding carboxylic acids is 1. The topological polar surface area (TPSA) is 46.3 Å². The van der Waals surface area contributed by atoms with Gasteiger partial charge in [-0.05, 0) is 30.5 Å². The van der Waals surface area contributed by atoms with Gasteiger partial charge in [-0.15, -0.1) is 0 Å². The lowest BCUT2D eigenvalue weighted by atomic mass is 9.97. The maximum absolute atomic E-state index is 12.7. The van der Waals surface area contributed by atoms with Crippen LogP contribution in [0.5, 0.6) is 0 Å². The molecule has 2 rings (SSSR count). The Morgan fingerprint density at radius 2 is 1.95 bits per heavy atom. The number of nitrogens with zero attached hydrogens (tertiary/aromatic N) is 1. The molecule has 1 aliphatic rings. The first kappa shape index (κ1) is 14.8. The van der Waals surface area contributed by atoms with Crippen molar-refractivity contribution in [2.75, 3.05) is 13.1 Å². The van der Waals surface area contributed by atoms with Crippen LogP contribution in [-0.4, -0.2) is 30.1 Å². The van der Waals surface area contributed by atoms with Crippen LogP contribution >= 0.6 is 0 Å². The van der Waals surface area contributed by atoms with Gasteiger partial charge in [0.2, 0.25) is 0 Å². The standard InChI is InChI=1S/C14H17F3N2O/c15-14(16,17)12-2-1-7-19(9-12)13(20)11-5-3-10(8-18)4-6-11/h3-6,12H,1-2,7-9,18H2/t12-/m0/s1. The lowest BCUT2D eigenvalue weighted by Crippen LogP contribution is -2.44. The Hall–Kier alpha value is -1.56. The van der Waals surface area contributed by atoms with Crippen molar-refractivity contribution in [3.05, 3.63) is 35.4 Å². The summed E-state index contributed by atoms with van der Waals surface area (Å²) in [6, 6.07) is 6.67. The minimum atomic E-state index is -4.23. The predicted octanol–water partition coefficient (Wildman–Crippen LogP) is 2.56. The molecule has 1 saturated heterocycles. The van der Waals surface area contributed by atoms with Gasteiger partial charge in [0.05, 0.1) is 5.92 Å². The molecule has 1 amide bonds. The zero-order chi connectivity index (χ0) is 14.8. The number of alkyl halides is 3. The van der Waals surface area contributed by atoms with Crippen LogP contribution < -0.4 is 5.73 Å². The number of rotatable bonds is 2. The second kappa shape index (κ2) is 5.83. The van der Waals surface area contributed by atoms with E-state index in [0.29, 0.717) is 25.1 Å². The number of piperidine rings is 1. The number of likely N-dealkylation sites (tertiary alicyclic amines) is 1. The molecule has 6 heteroatoms. The molecule has 0 aliphatic carbocycles.